The van der Waals surface area contributed by atoms with Crippen molar-refractivity contribution >= 4 is 0 Å². The smallest absolute Gasteiger partial charge is 0.140 e. The molecular weight excluding hydrogens is 230 g/mol. The third-order valence-electron chi connectivity index (χ3n) is 3.36. The first-order valence-electron chi connectivity index (χ1n) is 6.07. The highest BCUT2D eigenvalue weighted by atomic mass is 16.5. The Morgan fingerprint density at radius 3 is 2.94 bits per heavy atom. The molecule has 2 heterocycles. The van der Waals surface area contributed by atoms with Crippen LogP contribution in [0.15, 0.2) is 18.3 Å². The van der Waals surface area contributed by atoms with Crippen molar-refractivity contribution in [3.05, 3.63) is 29.6 Å². The molecule has 1 aromatic heterocycles. The summed E-state index contributed by atoms with van der Waals surface area (Å²) in [6, 6.07) is 5.66. The molecule has 2 N–H and O–H groups in total. The minimum atomic E-state index is -0.256. The summed E-state index contributed by atoms with van der Waals surface area (Å²) in [5.41, 5.74) is 1.16. The number of nitriles is 1. The lowest BCUT2D eigenvalue weighted by Crippen LogP contribution is -2.51. The van der Waals surface area contributed by atoms with Crippen LogP contribution in [-0.4, -0.2) is 35.5 Å². The highest BCUT2D eigenvalue weighted by Crippen LogP contribution is 2.20. The largest absolute Gasteiger partial charge is 0.394 e. The van der Waals surface area contributed by atoms with E-state index in [4.69, 9.17) is 10.00 Å². The Morgan fingerprint density at radius 1 is 1.50 bits per heavy atom. The number of hydrogen-bond donors (Lipinski definition) is 2. The van der Waals surface area contributed by atoms with E-state index >= 15 is 0 Å². The average molecular weight is 247 g/mol. The topological polar surface area (TPSA) is 78.2 Å². The molecule has 0 aromatic carbocycles. The van der Waals surface area contributed by atoms with Gasteiger partial charge in [0.25, 0.3) is 0 Å². The molecule has 5 nitrogen and oxygen atoms in total. The number of nitrogens with one attached hydrogen (secondary N) is 1. The number of aromatic nitrogens is 1. The van der Waals surface area contributed by atoms with Gasteiger partial charge in [-0.3, -0.25) is 0 Å². The van der Waals surface area contributed by atoms with Crippen molar-refractivity contribution in [3.8, 4) is 6.07 Å². The van der Waals surface area contributed by atoms with E-state index in [1.54, 1.807) is 12.3 Å². The third kappa shape index (κ3) is 3.05. The van der Waals surface area contributed by atoms with Gasteiger partial charge in [0.15, 0.2) is 0 Å². The zero-order chi connectivity index (χ0) is 12.8. The standard InChI is InChI=1S/C13H17N3O2/c14-8-12-7-11(1-4-15-12)9-16-13(10-17)2-5-18-6-3-13/h1,4,7,16-17H,2-3,5-6,9-10H2. The quantitative estimate of drug-likeness (QED) is 0.814. The van der Waals surface area contributed by atoms with Gasteiger partial charge < -0.3 is 15.2 Å². The minimum absolute atomic E-state index is 0.104. The first-order chi connectivity index (χ1) is 8.78. The fourth-order valence-electron chi connectivity index (χ4n) is 2.09. The first-order valence-corrected chi connectivity index (χ1v) is 6.07. The number of hydrogen-bond acceptors (Lipinski definition) is 5. The zero-order valence-corrected chi connectivity index (χ0v) is 10.2. The summed E-state index contributed by atoms with van der Waals surface area (Å²) < 4.78 is 5.31. The molecule has 0 amide bonds. The molecule has 0 radical (unpaired) electrons. The van der Waals surface area contributed by atoms with E-state index in [0.717, 1.165) is 18.4 Å². The summed E-state index contributed by atoms with van der Waals surface area (Å²) in [5.74, 6) is 0. The molecule has 0 unspecified atom stereocenters. The van der Waals surface area contributed by atoms with Crippen LogP contribution in [0.2, 0.25) is 0 Å². The van der Waals surface area contributed by atoms with E-state index in [9.17, 15) is 5.11 Å². The average Bonchev–Trinajstić information content (AvgIpc) is 2.46. The van der Waals surface area contributed by atoms with Crippen molar-refractivity contribution < 1.29 is 9.84 Å². The molecule has 0 spiro atoms. The monoisotopic (exact) mass is 247 g/mol. The van der Waals surface area contributed by atoms with E-state index in [1.165, 1.54) is 0 Å². The van der Waals surface area contributed by atoms with E-state index in [-0.39, 0.29) is 12.1 Å². The molecule has 1 aliphatic heterocycles. The lowest BCUT2D eigenvalue weighted by Gasteiger charge is -2.36. The molecule has 2 rings (SSSR count). The van der Waals surface area contributed by atoms with Gasteiger partial charge in [-0.1, -0.05) is 0 Å². The van der Waals surface area contributed by atoms with Gasteiger partial charge >= 0.3 is 0 Å². The zero-order valence-electron chi connectivity index (χ0n) is 10.2. The lowest BCUT2D eigenvalue weighted by atomic mass is 9.91. The van der Waals surface area contributed by atoms with E-state index in [0.29, 0.717) is 25.5 Å². The van der Waals surface area contributed by atoms with Gasteiger partial charge in [0.05, 0.1) is 6.61 Å². The Bertz CT molecular complexity index is 436. The number of rotatable bonds is 4. The second-order valence-corrected chi connectivity index (χ2v) is 4.57. The van der Waals surface area contributed by atoms with Crippen LogP contribution in [0, 0.1) is 11.3 Å². The normalized spacial score (nSPS) is 18.2. The summed E-state index contributed by atoms with van der Waals surface area (Å²) in [5, 5.41) is 21.7. The molecule has 1 aromatic rings. The van der Waals surface area contributed by atoms with Crippen molar-refractivity contribution in [2.45, 2.75) is 24.9 Å². The maximum absolute atomic E-state index is 9.54. The fraction of sp³-hybridized carbons (Fsp3) is 0.538. The number of nitrogens with zero attached hydrogens (tertiary/aromatic N) is 2. The number of pyridine rings is 1. The van der Waals surface area contributed by atoms with Gasteiger partial charge in [0.2, 0.25) is 0 Å². The second-order valence-electron chi connectivity index (χ2n) is 4.57. The van der Waals surface area contributed by atoms with Gasteiger partial charge in [-0.15, -0.1) is 0 Å². The van der Waals surface area contributed by atoms with Gasteiger partial charge in [0, 0.05) is 31.5 Å². The van der Waals surface area contributed by atoms with Gasteiger partial charge in [0.1, 0.15) is 11.8 Å². The Labute approximate surface area is 106 Å². The first kappa shape index (κ1) is 13.0. The molecule has 0 aliphatic carbocycles. The maximum atomic E-state index is 9.54. The Balaban J connectivity index is 1.99. The van der Waals surface area contributed by atoms with Crippen LogP contribution in [0.3, 0.4) is 0 Å². The van der Waals surface area contributed by atoms with E-state index in [2.05, 4.69) is 10.3 Å². The maximum Gasteiger partial charge on any atom is 0.140 e. The highest BCUT2D eigenvalue weighted by Gasteiger charge is 2.31. The molecular formula is C13H17N3O2. The molecule has 1 saturated heterocycles. The fourth-order valence-corrected chi connectivity index (χ4v) is 2.09. The second kappa shape index (κ2) is 5.91. The third-order valence-corrected chi connectivity index (χ3v) is 3.36. The number of aliphatic hydroxyl groups excluding tert-OH is 1. The van der Waals surface area contributed by atoms with Gasteiger partial charge in [-0.25, -0.2) is 4.98 Å². The summed E-state index contributed by atoms with van der Waals surface area (Å²) in [6.45, 7) is 2.07. The lowest BCUT2D eigenvalue weighted by molar-refractivity contribution is 0.0111. The SMILES string of the molecule is N#Cc1cc(CNC2(CO)CCOCC2)ccn1. The Morgan fingerprint density at radius 2 is 2.28 bits per heavy atom. The predicted molar refractivity (Wildman–Crippen MR) is 65.7 cm³/mol. The molecule has 0 bridgehead atoms. The summed E-state index contributed by atoms with van der Waals surface area (Å²) in [4.78, 5) is 3.93. The van der Waals surface area contributed by atoms with Crippen LogP contribution in [0.25, 0.3) is 0 Å². The van der Waals surface area contributed by atoms with E-state index < -0.39 is 0 Å². The number of aliphatic hydroxyl groups is 1. The molecule has 0 saturated carbocycles. The van der Waals surface area contributed by atoms with Gasteiger partial charge in [-0.05, 0) is 30.5 Å². The van der Waals surface area contributed by atoms with Crippen LogP contribution in [-0.2, 0) is 11.3 Å². The Kier molecular flexibility index (Phi) is 4.26. The van der Waals surface area contributed by atoms with Crippen molar-refractivity contribution in [1.29, 1.82) is 5.26 Å². The van der Waals surface area contributed by atoms with Crippen LogP contribution < -0.4 is 5.32 Å². The summed E-state index contributed by atoms with van der Waals surface area (Å²) >= 11 is 0. The highest BCUT2D eigenvalue weighted by molar-refractivity contribution is 5.25. The van der Waals surface area contributed by atoms with Gasteiger partial charge in [-0.2, -0.15) is 5.26 Å². The van der Waals surface area contributed by atoms with E-state index in [1.807, 2.05) is 12.1 Å². The number of ether oxygens (including phenoxy) is 1. The molecule has 18 heavy (non-hydrogen) atoms. The van der Waals surface area contributed by atoms with Crippen molar-refractivity contribution in [2.75, 3.05) is 19.8 Å². The predicted octanol–water partition coefficient (Wildman–Crippen LogP) is 0.584. The summed E-state index contributed by atoms with van der Waals surface area (Å²) in [6.07, 6.45) is 3.24. The summed E-state index contributed by atoms with van der Waals surface area (Å²) in [7, 11) is 0. The minimum Gasteiger partial charge on any atom is -0.394 e. The molecule has 1 aliphatic rings. The van der Waals surface area contributed by atoms with Crippen molar-refractivity contribution in [3.63, 3.8) is 0 Å². The van der Waals surface area contributed by atoms with Crippen LogP contribution >= 0.6 is 0 Å². The Hall–Kier alpha value is -1.48. The molecule has 1 fully saturated rings. The van der Waals surface area contributed by atoms with Crippen LogP contribution in [0.4, 0.5) is 0 Å². The molecule has 0 atom stereocenters. The molecule has 96 valence electrons. The van der Waals surface area contributed by atoms with Crippen LogP contribution in [0.1, 0.15) is 24.1 Å². The molecule has 5 heteroatoms. The van der Waals surface area contributed by atoms with Crippen molar-refractivity contribution in [1.82, 2.24) is 10.3 Å². The van der Waals surface area contributed by atoms with Crippen LogP contribution in [0.5, 0.6) is 0 Å². The van der Waals surface area contributed by atoms with Crippen molar-refractivity contribution in [2.24, 2.45) is 0 Å².